The first-order valence-corrected chi connectivity index (χ1v) is 4.81. The third-order valence-electron chi connectivity index (χ3n) is 1.63. The minimum absolute atomic E-state index is 0.251. The van der Waals surface area contributed by atoms with Gasteiger partial charge in [-0.2, -0.15) is 4.37 Å². The molecule has 15 heavy (non-hydrogen) atoms. The molecule has 0 spiro atoms. The molecule has 2 aromatic rings. The van der Waals surface area contributed by atoms with Gasteiger partial charge in [-0.1, -0.05) is 0 Å². The molecule has 1 N–H and O–H groups in total. The zero-order chi connectivity index (χ0) is 10.7. The van der Waals surface area contributed by atoms with Crippen LogP contribution in [0.15, 0.2) is 30.6 Å². The zero-order valence-electron chi connectivity index (χ0n) is 7.45. The van der Waals surface area contributed by atoms with Crippen LogP contribution in [0, 0.1) is 0 Å². The molecule has 0 saturated heterocycles. The number of hydrogen-bond donors (Lipinski definition) is 1. The Balaban J connectivity index is 2.24. The standard InChI is InChI=1S/C9H6N2O3S/c12-9(13)14-8-4-7(11-15-8)6-2-1-3-10-5-6/h1-5H,(H,12,13). The average Bonchev–Trinajstić information content (AvgIpc) is 2.67. The number of carbonyl (C=O) groups is 1. The highest BCUT2D eigenvalue weighted by Gasteiger charge is 2.07. The summed E-state index contributed by atoms with van der Waals surface area (Å²) in [6.07, 6.45) is 1.97. The van der Waals surface area contributed by atoms with Gasteiger partial charge in [-0.25, -0.2) is 4.79 Å². The molecule has 0 saturated carbocycles. The maximum absolute atomic E-state index is 10.3. The summed E-state index contributed by atoms with van der Waals surface area (Å²) >= 11 is 0.992. The number of aromatic nitrogens is 2. The Kier molecular flexibility index (Phi) is 2.59. The molecule has 0 radical (unpaired) electrons. The molecule has 6 heteroatoms. The molecule has 5 nitrogen and oxygen atoms in total. The van der Waals surface area contributed by atoms with Gasteiger partial charge in [0.15, 0.2) is 0 Å². The smallest absolute Gasteiger partial charge is 0.449 e. The molecule has 0 amide bonds. The van der Waals surface area contributed by atoms with Gasteiger partial charge in [0.1, 0.15) is 0 Å². The van der Waals surface area contributed by atoms with Crippen molar-refractivity contribution in [1.82, 2.24) is 9.36 Å². The average molecular weight is 222 g/mol. The summed E-state index contributed by atoms with van der Waals surface area (Å²) < 4.78 is 8.52. The topological polar surface area (TPSA) is 72.3 Å². The largest absolute Gasteiger partial charge is 0.512 e. The molecule has 0 aliphatic rings. The van der Waals surface area contributed by atoms with E-state index in [0.717, 1.165) is 17.1 Å². The summed E-state index contributed by atoms with van der Waals surface area (Å²) in [5, 5.41) is 8.64. The van der Waals surface area contributed by atoms with Gasteiger partial charge in [-0.15, -0.1) is 0 Å². The van der Waals surface area contributed by atoms with Crippen LogP contribution in [0.25, 0.3) is 11.3 Å². The summed E-state index contributed by atoms with van der Waals surface area (Å²) in [6, 6.07) is 5.19. The van der Waals surface area contributed by atoms with E-state index >= 15 is 0 Å². The molecule has 2 rings (SSSR count). The second-order valence-electron chi connectivity index (χ2n) is 2.64. The van der Waals surface area contributed by atoms with Crippen molar-refractivity contribution >= 4 is 17.7 Å². The summed E-state index contributed by atoms with van der Waals surface area (Å²) in [4.78, 5) is 14.2. The van der Waals surface area contributed by atoms with E-state index in [-0.39, 0.29) is 5.06 Å². The van der Waals surface area contributed by atoms with E-state index in [9.17, 15) is 4.79 Å². The van der Waals surface area contributed by atoms with Crippen LogP contribution in [0.5, 0.6) is 5.06 Å². The highest BCUT2D eigenvalue weighted by molar-refractivity contribution is 7.08. The normalized spacial score (nSPS) is 9.87. The molecular weight excluding hydrogens is 216 g/mol. The molecule has 0 aliphatic heterocycles. The predicted molar refractivity (Wildman–Crippen MR) is 54.0 cm³/mol. The van der Waals surface area contributed by atoms with Crippen LogP contribution in [-0.4, -0.2) is 20.6 Å². The van der Waals surface area contributed by atoms with Crippen LogP contribution in [0.4, 0.5) is 4.79 Å². The fourth-order valence-corrected chi connectivity index (χ4v) is 1.66. The number of nitrogens with zero attached hydrogens (tertiary/aromatic N) is 2. The van der Waals surface area contributed by atoms with Crippen molar-refractivity contribution in [3.05, 3.63) is 30.6 Å². The van der Waals surface area contributed by atoms with Crippen LogP contribution in [-0.2, 0) is 0 Å². The Bertz CT molecular complexity index is 469. The zero-order valence-corrected chi connectivity index (χ0v) is 8.27. The van der Waals surface area contributed by atoms with Crippen molar-refractivity contribution in [2.75, 3.05) is 0 Å². The van der Waals surface area contributed by atoms with Crippen LogP contribution in [0.2, 0.25) is 0 Å². The molecule has 76 valence electrons. The van der Waals surface area contributed by atoms with Crippen molar-refractivity contribution in [2.24, 2.45) is 0 Å². The van der Waals surface area contributed by atoms with E-state index in [1.165, 1.54) is 0 Å². The molecular formula is C9H6N2O3S. The van der Waals surface area contributed by atoms with E-state index in [2.05, 4.69) is 14.1 Å². The molecule has 2 heterocycles. The van der Waals surface area contributed by atoms with Gasteiger partial charge in [0.05, 0.1) is 5.69 Å². The lowest BCUT2D eigenvalue weighted by Crippen LogP contribution is -2.00. The fourth-order valence-electron chi connectivity index (χ4n) is 1.04. The second kappa shape index (κ2) is 4.05. The number of pyridine rings is 1. The first-order valence-electron chi connectivity index (χ1n) is 4.03. The quantitative estimate of drug-likeness (QED) is 0.789. The molecule has 0 unspecified atom stereocenters. The van der Waals surface area contributed by atoms with Crippen molar-refractivity contribution in [3.8, 4) is 16.3 Å². The minimum atomic E-state index is -1.34. The first-order chi connectivity index (χ1) is 7.25. The van der Waals surface area contributed by atoms with Gasteiger partial charge in [-0.05, 0) is 12.1 Å². The van der Waals surface area contributed by atoms with Crippen LogP contribution in [0.1, 0.15) is 0 Å². The fraction of sp³-hybridized carbons (Fsp3) is 0. The summed E-state index contributed by atoms with van der Waals surface area (Å²) in [6.45, 7) is 0. The third kappa shape index (κ3) is 2.29. The molecule has 0 aliphatic carbocycles. The lowest BCUT2D eigenvalue weighted by atomic mass is 10.2. The maximum Gasteiger partial charge on any atom is 0.512 e. The maximum atomic E-state index is 10.3. The van der Waals surface area contributed by atoms with E-state index in [1.54, 1.807) is 24.5 Å². The van der Waals surface area contributed by atoms with Crippen molar-refractivity contribution < 1.29 is 14.6 Å². The van der Waals surface area contributed by atoms with E-state index in [0.29, 0.717) is 5.69 Å². The summed E-state index contributed by atoms with van der Waals surface area (Å²) in [5.74, 6) is 0. The monoisotopic (exact) mass is 222 g/mol. The minimum Gasteiger partial charge on any atom is -0.449 e. The van der Waals surface area contributed by atoms with E-state index < -0.39 is 6.16 Å². The third-order valence-corrected chi connectivity index (χ3v) is 2.30. The molecule has 2 aromatic heterocycles. The predicted octanol–water partition coefficient (Wildman–Crippen LogP) is 2.26. The number of hydrogen-bond acceptors (Lipinski definition) is 5. The van der Waals surface area contributed by atoms with Gasteiger partial charge >= 0.3 is 6.16 Å². The van der Waals surface area contributed by atoms with E-state index in [1.807, 2.05) is 6.07 Å². The van der Waals surface area contributed by atoms with Crippen LogP contribution >= 0.6 is 11.5 Å². The highest BCUT2D eigenvalue weighted by atomic mass is 32.1. The lowest BCUT2D eigenvalue weighted by Gasteiger charge is -1.92. The Hall–Kier alpha value is -1.95. The SMILES string of the molecule is O=C(O)Oc1cc(-c2cccnc2)ns1. The second-order valence-corrected chi connectivity index (χ2v) is 3.41. The summed E-state index contributed by atoms with van der Waals surface area (Å²) in [5.41, 5.74) is 1.48. The number of carboxylic acid groups (broad SMARTS) is 1. The van der Waals surface area contributed by atoms with E-state index in [4.69, 9.17) is 5.11 Å². The van der Waals surface area contributed by atoms with Gasteiger partial charge in [0, 0.05) is 35.6 Å². The first kappa shape index (κ1) is 9.60. The molecule has 0 fully saturated rings. The Labute approximate surface area is 89.1 Å². The van der Waals surface area contributed by atoms with Gasteiger partial charge in [0.25, 0.3) is 0 Å². The Morgan fingerprint density at radius 1 is 1.53 bits per heavy atom. The number of ether oxygens (including phenoxy) is 1. The summed E-state index contributed by atoms with van der Waals surface area (Å²) in [7, 11) is 0. The highest BCUT2D eigenvalue weighted by Crippen LogP contribution is 2.26. The molecule has 0 aromatic carbocycles. The molecule has 0 bridgehead atoms. The lowest BCUT2D eigenvalue weighted by molar-refractivity contribution is 0.146. The van der Waals surface area contributed by atoms with Gasteiger partial charge < -0.3 is 9.84 Å². The van der Waals surface area contributed by atoms with Gasteiger partial charge in [0.2, 0.25) is 5.06 Å². The Morgan fingerprint density at radius 3 is 3.07 bits per heavy atom. The van der Waals surface area contributed by atoms with Crippen molar-refractivity contribution in [2.45, 2.75) is 0 Å². The van der Waals surface area contributed by atoms with Crippen molar-refractivity contribution in [3.63, 3.8) is 0 Å². The molecule has 0 atom stereocenters. The van der Waals surface area contributed by atoms with Crippen LogP contribution in [0.3, 0.4) is 0 Å². The van der Waals surface area contributed by atoms with Gasteiger partial charge in [-0.3, -0.25) is 4.98 Å². The van der Waals surface area contributed by atoms with Crippen molar-refractivity contribution in [1.29, 1.82) is 0 Å². The Morgan fingerprint density at radius 2 is 2.40 bits per heavy atom. The van der Waals surface area contributed by atoms with Crippen LogP contribution < -0.4 is 4.74 Å². The number of rotatable bonds is 2.